The van der Waals surface area contributed by atoms with Crippen molar-refractivity contribution in [1.29, 1.82) is 0 Å². The Morgan fingerprint density at radius 1 is 1.15 bits per heavy atom. The molecule has 8 nitrogen and oxygen atoms in total. The minimum atomic E-state index is -4.38. The van der Waals surface area contributed by atoms with Crippen LogP contribution in [0.5, 0.6) is 0 Å². The molecule has 0 saturated heterocycles. The second-order valence-corrected chi connectivity index (χ2v) is 6.72. The molecule has 26 heavy (non-hydrogen) atoms. The molecule has 0 radical (unpaired) electrons. The van der Waals surface area contributed by atoms with E-state index in [1.54, 1.807) is 0 Å². The van der Waals surface area contributed by atoms with Crippen molar-refractivity contribution >= 4 is 21.8 Å². The molecule has 0 aliphatic heterocycles. The molecule has 0 aliphatic carbocycles. The number of halogens is 1. The molecular weight excluding hydrogens is 369 g/mol. The molecule has 0 aromatic heterocycles. The van der Waals surface area contributed by atoms with E-state index in [0.29, 0.717) is 5.56 Å². The number of ether oxygens (including phenoxy) is 1. The number of nitrogens with zero attached hydrogens (tertiary/aromatic N) is 1. The number of esters is 1. The van der Waals surface area contributed by atoms with Crippen LogP contribution in [0.4, 0.5) is 10.1 Å². The first-order valence-electron chi connectivity index (χ1n) is 7.23. The SMILES string of the molecule is COC(=O)[C@@H](Cc1ccc(F)cc1)OS(=O)(=O)c1ccc([N+](=O)[O-])cc1. The lowest BCUT2D eigenvalue weighted by atomic mass is 10.1. The molecular formula is C16H14FNO7S. The molecule has 2 rings (SSSR count). The number of benzene rings is 2. The Morgan fingerprint density at radius 2 is 1.73 bits per heavy atom. The first kappa shape index (κ1) is 19.5. The van der Waals surface area contributed by atoms with E-state index in [-0.39, 0.29) is 17.0 Å². The molecule has 0 heterocycles. The van der Waals surface area contributed by atoms with Gasteiger partial charge >= 0.3 is 5.97 Å². The minimum Gasteiger partial charge on any atom is -0.467 e. The lowest BCUT2D eigenvalue weighted by molar-refractivity contribution is -0.384. The Labute approximate surface area is 148 Å². The van der Waals surface area contributed by atoms with Gasteiger partial charge in [-0.15, -0.1) is 0 Å². The Balaban J connectivity index is 2.24. The third-order valence-electron chi connectivity index (χ3n) is 3.38. The van der Waals surface area contributed by atoms with Crippen LogP contribution in [0, 0.1) is 15.9 Å². The maximum Gasteiger partial charge on any atom is 0.336 e. The quantitative estimate of drug-likeness (QED) is 0.312. The Morgan fingerprint density at radius 3 is 2.23 bits per heavy atom. The summed E-state index contributed by atoms with van der Waals surface area (Å²) in [5.41, 5.74) is 0.167. The molecule has 2 aromatic rings. The number of carbonyl (C=O) groups is 1. The number of nitro groups is 1. The molecule has 0 spiro atoms. The molecule has 0 bridgehead atoms. The van der Waals surface area contributed by atoms with E-state index in [1.165, 1.54) is 12.1 Å². The topological polar surface area (TPSA) is 113 Å². The van der Waals surface area contributed by atoms with Crippen LogP contribution in [0.2, 0.25) is 0 Å². The molecule has 10 heteroatoms. The predicted molar refractivity (Wildman–Crippen MR) is 87.3 cm³/mol. The summed E-state index contributed by atoms with van der Waals surface area (Å²) < 4.78 is 47.1. The van der Waals surface area contributed by atoms with Crippen molar-refractivity contribution in [2.24, 2.45) is 0 Å². The summed E-state index contributed by atoms with van der Waals surface area (Å²) in [5.74, 6) is -1.41. The number of hydrogen-bond acceptors (Lipinski definition) is 7. The summed E-state index contributed by atoms with van der Waals surface area (Å²) in [5, 5.41) is 10.6. The predicted octanol–water partition coefficient (Wildman–Crippen LogP) is 2.22. The van der Waals surface area contributed by atoms with Crippen molar-refractivity contribution in [2.45, 2.75) is 17.4 Å². The Kier molecular flexibility index (Phi) is 6.01. The highest BCUT2D eigenvalue weighted by Gasteiger charge is 2.29. The first-order chi connectivity index (χ1) is 12.2. The van der Waals surface area contributed by atoms with Crippen LogP contribution < -0.4 is 0 Å². The van der Waals surface area contributed by atoms with Crippen LogP contribution in [0.3, 0.4) is 0 Å². The average molecular weight is 383 g/mol. The number of carbonyl (C=O) groups excluding carboxylic acids is 1. The molecule has 0 fully saturated rings. The Bertz CT molecular complexity index is 895. The Hall–Kier alpha value is -2.85. The highest BCUT2D eigenvalue weighted by atomic mass is 32.2. The third-order valence-corrected chi connectivity index (χ3v) is 4.71. The second kappa shape index (κ2) is 8.02. The minimum absolute atomic E-state index is 0.167. The van der Waals surface area contributed by atoms with E-state index in [9.17, 15) is 27.7 Å². The first-order valence-corrected chi connectivity index (χ1v) is 8.64. The molecule has 1 atom stereocenters. The largest absolute Gasteiger partial charge is 0.467 e. The van der Waals surface area contributed by atoms with E-state index in [0.717, 1.165) is 43.5 Å². The van der Waals surface area contributed by atoms with E-state index in [4.69, 9.17) is 4.18 Å². The van der Waals surface area contributed by atoms with Crippen molar-refractivity contribution in [3.63, 3.8) is 0 Å². The molecule has 0 saturated carbocycles. The number of hydrogen-bond donors (Lipinski definition) is 0. The zero-order valence-electron chi connectivity index (χ0n) is 13.5. The van der Waals surface area contributed by atoms with Gasteiger partial charge in [0.1, 0.15) is 5.82 Å². The fraction of sp³-hybridized carbons (Fsp3) is 0.188. The molecule has 138 valence electrons. The van der Waals surface area contributed by atoms with Crippen molar-refractivity contribution in [3.8, 4) is 0 Å². The molecule has 0 N–H and O–H groups in total. The van der Waals surface area contributed by atoms with Gasteiger partial charge in [0.2, 0.25) is 0 Å². The van der Waals surface area contributed by atoms with E-state index < -0.39 is 32.9 Å². The summed E-state index contributed by atoms with van der Waals surface area (Å²) >= 11 is 0. The number of rotatable bonds is 7. The van der Waals surface area contributed by atoms with Gasteiger partial charge in [-0.3, -0.25) is 14.3 Å². The van der Waals surface area contributed by atoms with Crippen molar-refractivity contribution in [3.05, 3.63) is 70.0 Å². The maximum absolute atomic E-state index is 13.0. The molecule has 0 unspecified atom stereocenters. The van der Waals surface area contributed by atoms with Gasteiger partial charge < -0.3 is 4.74 Å². The van der Waals surface area contributed by atoms with Crippen LogP contribution in [-0.4, -0.2) is 32.5 Å². The number of non-ortho nitro benzene ring substituents is 1. The number of nitro benzene ring substituents is 1. The summed E-state index contributed by atoms with van der Waals surface area (Å²) in [6.45, 7) is 0. The summed E-state index contributed by atoms with van der Waals surface area (Å²) in [4.78, 5) is 21.5. The van der Waals surface area contributed by atoms with Crippen LogP contribution in [0.1, 0.15) is 5.56 Å². The van der Waals surface area contributed by atoms with Gasteiger partial charge in [0.15, 0.2) is 6.10 Å². The van der Waals surface area contributed by atoms with Crippen molar-refractivity contribution in [2.75, 3.05) is 7.11 Å². The summed E-state index contributed by atoms with van der Waals surface area (Å²) in [7, 11) is -3.31. The highest BCUT2D eigenvalue weighted by molar-refractivity contribution is 7.86. The standard InChI is InChI=1S/C16H14FNO7S/c1-24-16(19)15(10-11-2-4-12(17)5-3-11)25-26(22,23)14-8-6-13(7-9-14)18(20)21/h2-9,15H,10H2,1H3/t15-/m1/s1. The maximum atomic E-state index is 13.0. The highest BCUT2D eigenvalue weighted by Crippen LogP contribution is 2.20. The summed E-state index contributed by atoms with van der Waals surface area (Å²) in [6, 6.07) is 9.09. The van der Waals surface area contributed by atoms with Gasteiger partial charge in [0.05, 0.1) is 16.9 Å². The number of methoxy groups -OCH3 is 1. The van der Waals surface area contributed by atoms with Crippen LogP contribution in [-0.2, 0) is 30.3 Å². The van der Waals surface area contributed by atoms with Crippen LogP contribution in [0.25, 0.3) is 0 Å². The zero-order chi connectivity index (χ0) is 19.3. The van der Waals surface area contributed by atoms with Gasteiger partial charge in [-0.25, -0.2) is 9.18 Å². The monoisotopic (exact) mass is 383 g/mol. The van der Waals surface area contributed by atoms with Gasteiger partial charge in [-0.1, -0.05) is 12.1 Å². The second-order valence-electron chi connectivity index (χ2n) is 5.14. The smallest absolute Gasteiger partial charge is 0.336 e. The van der Waals surface area contributed by atoms with Gasteiger partial charge in [0.25, 0.3) is 15.8 Å². The lowest BCUT2D eigenvalue weighted by Gasteiger charge is -2.15. The van der Waals surface area contributed by atoms with Crippen LogP contribution >= 0.6 is 0 Å². The summed E-state index contributed by atoms with van der Waals surface area (Å²) in [6.07, 6.45) is -1.66. The van der Waals surface area contributed by atoms with Gasteiger partial charge in [0, 0.05) is 18.6 Å². The fourth-order valence-corrected chi connectivity index (χ4v) is 3.10. The van der Waals surface area contributed by atoms with Crippen molar-refractivity contribution in [1.82, 2.24) is 0 Å². The van der Waals surface area contributed by atoms with Gasteiger partial charge in [-0.05, 0) is 29.8 Å². The van der Waals surface area contributed by atoms with Gasteiger partial charge in [-0.2, -0.15) is 8.42 Å². The van der Waals surface area contributed by atoms with Crippen LogP contribution in [0.15, 0.2) is 53.4 Å². The van der Waals surface area contributed by atoms with E-state index >= 15 is 0 Å². The van der Waals surface area contributed by atoms with E-state index in [2.05, 4.69) is 4.74 Å². The van der Waals surface area contributed by atoms with Crippen molar-refractivity contribution < 1.29 is 31.4 Å². The van der Waals surface area contributed by atoms with E-state index in [1.807, 2.05) is 0 Å². The third kappa shape index (κ3) is 4.83. The fourth-order valence-electron chi connectivity index (χ4n) is 2.07. The molecule has 0 amide bonds. The lowest BCUT2D eigenvalue weighted by Crippen LogP contribution is -2.30. The zero-order valence-corrected chi connectivity index (χ0v) is 14.3. The average Bonchev–Trinajstić information content (AvgIpc) is 2.62. The normalized spacial score (nSPS) is 12.4. The molecule has 0 aliphatic rings. The molecule has 2 aromatic carbocycles.